The van der Waals surface area contributed by atoms with Crippen LogP contribution in [-0.4, -0.2) is 59.4 Å². The summed E-state index contributed by atoms with van der Waals surface area (Å²) >= 11 is 0. The van der Waals surface area contributed by atoms with Crippen molar-refractivity contribution < 1.29 is 19.1 Å². The lowest BCUT2D eigenvalue weighted by molar-refractivity contribution is -0.131. The maximum absolute atomic E-state index is 14.3. The van der Waals surface area contributed by atoms with Crippen LogP contribution < -0.4 is 16.4 Å². The standard InChI is InChI=1S/C34H36N6O4/c1-20-15-23-5-8-27(20)21(2)19-44-34(43)38-26-7-10-29(32(41)40-13-4-14-40)24(17-26)18-39(3)33(42)30(23)37-25-6-9-28-22(16-25)11-12-36-31(28)35/h5-12,15-17,21,30,37H,4,13-14,18-19H2,1-3H3,(H2,35,36)(H,38,43)/t21-,30+/m0/s1. The van der Waals surface area contributed by atoms with Crippen molar-refractivity contribution in [2.45, 2.75) is 38.8 Å². The van der Waals surface area contributed by atoms with Crippen molar-refractivity contribution in [2.75, 3.05) is 43.1 Å². The summed E-state index contributed by atoms with van der Waals surface area (Å²) in [7, 11) is 1.72. The number of rotatable bonds is 3. The Kier molecular flexibility index (Phi) is 7.82. The average molecular weight is 593 g/mol. The molecule has 0 unspecified atom stereocenters. The van der Waals surface area contributed by atoms with Gasteiger partial charge in [-0.05, 0) is 83.4 Å². The Balaban J connectivity index is 1.41. The molecule has 4 heterocycles. The SMILES string of the molecule is Cc1cc2ccc1[C@@H](C)COC(=O)Nc1ccc(C(=O)N3CCC3)c(c1)CN(C)C(=O)[C@@H]2Nc1ccc2c(N)nccc2c1. The third-order valence-electron chi connectivity index (χ3n) is 8.48. The maximum Gasteiger partial charge on any atom is 0.411 e. The number of hydrogen-bond acceptors (Lipinski definition) is 7. The molecule has 1 aromatic heterocycles. The van der Waals surface area contributed by atoms with Crippen LogP contribution in [0.2, 0.25) is 0 Å². The molecule has 3 aliphatic heterocycles. The molecule has 3 aliphatic rings. The number of benzene rings is 3. The molecule has 226 valence electrons. The van der Waals surface area contributed by atoms with Crippen LogP contribution in [0.3, 0.4) is 0 Å². The molecular formula is C34H36N6O4. The number of ether oxygens (including phenoxy) is 1. The number of fused-ring (bicyclic) bond motifs is 10. The largest absolute Gasteiger partial charge is 0.449 e. The van der Waals surface area contributed by atoms with Crippen molar-refractivity contribution in [3.05, 3.63) is 94.7 Å². The van der Waals surface area contributed by atoms with Crippen LogP contribution in [0.25, 0.3) is 10.8 Å². The molecule has 0 aliphatic carbocycles. The van der Waals surface area contributed by atoms with Crippen molar-refractivity contribution >= 4 is 45.9 Å². The third-order valence-corrected chi connectivity index (χ3v) is 8.48. The van der Waals surface area contributed by atoms with Gasteiger partial charge in [-0.2, -0.15) is 0 Å². The number of aryl methyl sites for hydroxylation is 1. The zero-order chi connectivity index (χ0) is 31.0. The van der Waals surface area contributed by atoms with Gasteiger partial charge in [-0.15, -0.1) is 0 Å². The third kappa shape index (κ3) is 5.75. The summed E-state index contributed by atoms with van der Waals surface area (Å²) in [6.45, 7) is 5.73. The highest BCUT2D eigenvalue weighted by atomic mass is 16.5. The highest BCUT2D eigenvalue weighted by Crippen LogP contribution is 2.31. The van der Waals surface area contributed by atoms with E-state index in [0.717, 1.165) is 39.6 Å². The van der Waals surface area contributed by atoms with Crippen molar-refractivity contribution in [1.29, 1.82) is 0 Å². The number of nitrogen functional groups attached to an aromatic ring is 1. The molecule has 4 bridgehead atoms. The fourth-order valence-corrected chi connectivity index (χ4v) is 5.88. The Morgan fingerprint density at radius 3 is 2.64 bits per heavy atom. The summed E-state index contributed by atoms with van der Waals surface area (Å²) < 4.78 is 5.57. The van der Waals surface area contributed by atoms with Crippen LogP contribution in [0.4, 0.5) is 22.0 Å². The Labute approximate surface area is 256 Å². The predicted molar refractivity (Wildman–Crippen MR) is 171 cm³/mol. The topological polar surface area (TPSA) is 130 Å². The van der Waals surface area contributed by atoms with Gasteiger partial charge in [-0.1, -0.05) is 25.1 Å². The van der Waals surface area contributed by atoms with Gasteiger partial charge in [0.15, 0.2) is 0 Å². The first-order chi connectivity index (χ1) is 21.2. The zero-order valence-corrected chi connectivity index (χ0v) is 25.1. The number of nitrogens with two attached hydrogens (primary N) is 1. The summed E-state index contributed by atoms with van der Waals surface area (Å²) in [6, 6.07) is 18.0. The molecule has 2 atom stereocenters. The van der Waals surface area contributed by atoms with Gasteiger partial charge < -0.3 is 25.6 Å². The number of likely N-dealkylation sites (N-methyl/N-ethyl adjacent to an activating group) is 1. The van der Waals surface area contributed by atoms with Crippen LogP contribution in [0, 0.1) is 6.92 Å². The highest BCUT2D eigenvalue weighted by Gasteiger charge is 2.29. The van der Waals surface area contributed by atoms with E-state index in [0.29, 0.717) is 35.7 Å². The van der Waals surface area contributed by atoms with E-state index in [1.807, 2.05) is 56.3 Å². The summed E-state index contributed by atoms with van der Waals surface area (Å²) in [6.07, 6.45) is 2.05. The molecule has 10 heteroatoms. The number of hydrogen-bond donors (Lipinski definition) is 3. The highest BCUT2D eigenvalue weighted by molar-refractivity contribution is 5.98. The number of nitrogens with zero attached hydrogens (tertiary/aromatic N) is 3. The van der Waals surface area contributed by atoms with E-state index in [9.17, 15) is 14.4 Å². The Hall–Kier alpha value is -5.12. The van der Waals surface area contributed by atoms with E-state index in [-0.39, 0.29) is 30.9 Å². The molecule has 3 amide bonds. The van der Waals surface area contributed by atoms with E-state index in [1.165, 1.54) is 0 Å². The lowest BCUT2D eigenvalue weighted by Gasteiger charge is -2.32. The van der Waals surface area contributed by atoms with Gasteiger partial charge in [0, 0.05) is 61.1 Å². The quantitative estimate of drug-likeness (QED) is 0.289. The van der Waals surface area contributed by atoms with Crippen molar-refractivity contribution in [2.24, 2.45) is 0 Å². The minimum Gasteiger partial charge on any atom is -0.449 e. The summed E-state index contributed by atoms with van der Waals surface area (Å²) in [4.78, 5) is 47.9. The Morgan fingerprint density at radius 2 is 1.89 bits per heavy atom. The molecular weight excluding hydrogens is 556 g/mol. The summed E-state index contributed by atoms with van der Waals surface area (Å²) in [5, 5.41) is 8.00. The molecule has 4 aromatic rings. The second-order valence-electron chi connectivity index (χ2n) is 11.7. The lowest BCUT2D eigenvalue weighted by atomic mass is 9.92. The monoisotopic (exact) mass is 592 g/mol. The number of nitrogens with one attached hydrogen (secondary N) is 2. The van der Waals surface area contributed by atoms with Crippen LogP contribution >= 0.6 is 0 Å². The zero-order valence-electron chi connectivity index (χ0n) is 25.1. The fourth-order valence-electron chi connectivity index (χ4n) is 5.88. The molecule has 1 fully saturated rings. The molecule has 0 radical (unpaired) electrons. The molecule has 10 nitrogen and oxygen atoms in total. The maximum atomic E-state index is 14.3. The first-order valence-corrected chi connectivity index (χ1v) is 14.8. The molecule has 0 spiro atoms. The van der Waals surface area contributed by atoms with Gasteiger partial charge in [0.05, 0.1) is 6.61 Å². The van der Waals surface area contributed by atoms with Gasteiger partial charge in [0.2, 0.25) is 5.91 Å². The van der Waals surface area contributed by atoms with Gasteiger partial charge >= 0.3 is 6.09 Å². The summed E-state index contributed by atoms with van der Waals surface area (Å²) in [5.41, 5.74) is 11.3. The normalized spacial score (nSPS) is 18.9. The van der Waals surface area contributed by atoms with E-state index in [4.69, 9.17) is 10.5 Å². The lowest BCUT2D eigenvalue weighted by Crippen LogP contribution is -2.42. The Morgan fingerprint density at radius 1 is 1.07 bits per heavy atom. The molecule has 0 saturated carbocycles. The molecule has 7 rings (SSSR count). The number of carbonyl (C=O) groups is 3. The smallest absolute Gasteiger partial charge is 0.411 e. The van der Waals surface area contributed by atoms with E-state index >= 15 is 0 Å². The number of carbonyl (C=O) groups excluding carboxylic acids is 3. The van der Waals surface area contributed by atoms with Gasteiger partial charge in [0.1, 0.15) is 11.9 Å². The molecule has 1 saturated heterocycles. The number of amides is 3. The second-order valence-corrected chi connectivity index (χ2v) is 11.7. The van der Waals surface area contributed by atoms with E-state index in [1.54, 1.807) is 41.2 Å². The van der Waals surface area contributed by atoms with Gasteiger partial charge in [-0.25, -0.2) is 9.78 Å². The minimum atomic E-state index is -0.721. The van der Waals surface area contributed by atoms with Crippen LogP contribution in [0.1, 0.15) is 57.9 Å². The number of pyridine rings is 1. The predicted octanol–water partition coefficient (Wildman–Crippen LogP) is 5.45. The first-order valence-electron chi connectivity index (χ1n) is 14.8. The van der Waals surface area contributed by atoms with Crippen molar-refractivity contribution in [1.82, 2.24) is 14.8 Å². The summed E-state index contributed by atoms with van der Waals surface area (Å²) in [5.74, 6) is 0.113. The first kappa shape index (κ1) is 29.0. The van der Waals surface area contributed by atoms with Crippen LogP contribution in [-0.2, 0) is 16.1 Å². The van der Waals surface area contributed by atoms with E-state index < -0.39 is 12.1 Å². The second kappa shape index (κ2) is 11.9. The minimum absolute atomic E-state index is 0.0702. The van der Waals surface area contributed by atoms with Crippen LogP contribution in [0.5, 0.6) is 0 Å². The van der Waals surface area contributed by atoms with E-state index in [2.05, 4.69) is 15.6 Å². The number of likely N-dealkylation sites (tertiary alicyclic amines) is 1. The molecule has 4 N–H and O–H groups in total. The van der Waals surface area contributed by atoms with Crippen LogP contribution in [0.15, 0.2) is 66.9 Å². The Bertz CT molecular complexity index is 1770. The van der Waals surface area contributed by atoms with Crippen molar-refractivity contribution in [3.63, 3.8) is 0 Å². The van der Waals surface area contributed by atoms with Crippen molar-refractivity contribution in [3.8, 4) is 0 Å². The molecule has 44 heavy (non-hydrogen) atoms. The average Bonchev–Trinajstić information content (AvgIpc) is 2.97. The fraction of sp³-hybridized carbons (Fsp3) is 0.294. The van der Waals surface area contributed by atoms with Gasteiger partial charge in [0.25, 0.3) is 5.91 Å². The molecule has 3 aromatic carbocycles. The van der Waals surface area contributed by atoms with Gasteiger partial charge in [-0.3, -0.25) is 14.9 Å². The number of aromatic nitrogens is 1. The number of anilines is 3.